The van der Waals surface area contributed by atoms with Crippen LogP contribution in [0.2, 0.25) is 0 Å². The lowest BCUT2D eigenvalue weighted by atomic mass is 10.1. The molecule has 0 aliphatic heterocycles. The van der Waals surface area contributed by atoms with Crippen LogP contribution in [0.25, 0.3) is 21.7 Å². The lowest BCUT2D eigenvalue weighted by Crippen LogP contribution is -2.11. The number of fused-ring (bicyclic) bond motifs is 2. The van der Waals surface area contributed by atoms with Crippen LogP contribution in [0.5, 0.6) is 23.0 Å². The minimum atomic E-state index is -0.506. The summed E-state index contributed by atoms with van der Waals surface area (Å²) >= 11 is 0. The van der Waals surface area contributed by atoms with Gasteiger partial charge in [0.05, 0.1) is 19.7 Å². The molecule has 1 N–H and O–H groups in total. The van der Waals surface area contributed by atoms with E-state index in [2.05, 4.69) is 10.3 Å². The van der Waals surface area contributed by atoms with Gasteiger partial charge in [0.25, 0.3) is 5.91 Å². The fourth-order valence-corrected chi connectivity index (χ4v) is 3.88. The Kier molecular flexibility index (Phi) is 7.83. The first kappa shape index (κ1) is 25.4. The van der Waals surface area contributed by atoms with E-state index in [0.29, 0.717) is 50.2 Å². The van der Waals surface area contributed by atoms with Crippen LogP contribution < -0.4 is 19.5 Å². The summed E-state index contributed by atoms with van der Waals surface area (Å²) in [7, 11) is 3.09. The molecule has 1 aromatic heterocycles. The number of amides is 1. The van der Waals surface area contributed by atoms with E-state index in [9.17, 15) is 4.79 Å². The monoisotopic (exact) mass is 498 g/mol. The fourth-order valence-electron chi connectivity index (χ4n) is 3.88. The highest BCUT2D eigenvalue weighted by atomic mass is 19.1. The first-order valence-electron chi connectivity index (χ1n) is 11.8. The molecule has 1 heterocycles. The van der Waals surface area contributed by atoms with Crippen LogP contribution >= 0.6 is 0 Å². The number of nitrogens with one attached hydrogen (secondary N) is 1. The van der Waals surface area contributed by atoms with Gasteiger partial charge in [0.15, 0.2) is 23.1 Å². The van der Waals surface area contributed by atoms with E-state index in [1.54, 1.807) is 93.2 Å². The second kappa shape index (κ2) is 11.4. The van der Waals surface area contributed by atoms with Crippen molar-refractivity contribution in [2.75, 3.05) is 19.5 Å². The number of carbonyl (C=O) groups excluding carboxylic acids is 1. The van der Waals surface area contributed by atoms with Crippen molar-refractivity contribution in [3.05, 3.63) is 96.4 Å². The molecule has 0 fully saturated rings. The van der Waals surface area contributed by atoms with Crippen LogP contribution in [0.3, 0.4) is 0 Å². The van der Waals surface area contributed by atoms with Gasteiger partial charge in [-0.25, -0.2) is 4.39 Å². The second-order valence-electron chi connectivity index (χ2n) is 7.77. The van der Waals surface area contributed by atoms with Crippen molar-refractivity contribution >= 4 is 33.3 Å². The van der Waals surface area contributed by atoms with E-state index in [1.807, 2.05) is 19.9 Å². The summed E-state index contributed by atoms with van der Waals surface area (Å²) in [6.07, 6.45) is 1.59. The zero-order chi connectivity index (χ0) is 26.4. The van der Waals surface area contributed by atoms with Crippen molar-refractivity contribution in [2.24, 2.45) is 0 Å². The van der Waals surface area contributed by atoms with Crippen LogP contribution in [0.1, 0.15) is 24.2 Å². The highest BCUT2D eigenvalue weighted by Crippen LogP contribution is 2.38. The van der Waals surface area contributed by atoms with Gasteiger partial charge in [0, 0.05) is 34.3 Å². The summed E-state index contributed by atoms with van der Waals surface area (Å²) in [4.78, 5) is 16.8. The number of benzene rings is 4. The minimum absolute atomic E-state index is 0.0702. The maximum Gasteiger partial charge on any atom is 0.255 e. The zero-order valence-electron chi connectivity index (χ0n) is 21.0. The minimum Gasteiger partial charge on any atom is -0.493 e. The van der Waals surface area contributed by atoms with Crippen LogP contribution in [0.15, 0.2) is 85.1 Å². The van der Waals surface area contributed by atoms with E-state index < -0.39 is 5.82 Å². The number of aromatic nitrogens is 1. The highest BCUT2D eigenvalue weighted by molar-refractivity contribution is 6.05. The van der Waals surface area contributed by atoms with Crippen molar-refractivity contribution in [2.45, 2.75) is 13.8 Å². The van der Waals surface area contributed by atoms with Gasteiger partial charge in [-0.3, -0.25) is 9.78 Å². The predicted octanol–water partition coefficient (Wildman–Crippen LogP) is 7.62. The molecule has 7 heteroatoms. The van der Waals surface area contributed by atoms with E-state index in [-0.39, 0.29) is 11.7 Å². The molecule has 5 rings (SSSR count). The number of nitrogens with zero attached hydrogens (tertiary/aromatic N) is 1. The number of carbonyl (C=O) groups is 1. The lowest BCUT2D eigenvalue weighted by Gasteiger charge is -2.13. The SMILES string of the molecule is CC.COc1cc2nccc(Oc3ccc4cc(NC(=O)c5ccccc5)ccc4c3F)c2cc1OC. The summed E-state index contributed by atoms with van der Waals surface area (Å²) in [6.45, 7) is 4.00. The molecule has 4 aromatic carbocycles. The van der Waals surface area contributed by atoms with E-state index in [0.717, 1.165) is 0 Å². The molecular formula is C30H27FN2O4. The summed E-state index contributed by atoms with van der Waals surface area (Å²) < 4.78 is 32.1. The van der Waals surface area contributed by atoms with Gasteiger partial charge in [-0.2, -0.15) is 0 Å². The van der Waals surface area contributed by atoms with Gasteiger partial charge in [-0.1, -0.05) is 38.1 Å². The van der Waals surface area contributed by atoms with Crippen LogP contribution in [-0.4, -0.2) is 25.1 Å². The number of anilines is 1. The Balaban J connectivity index is 0.00000156. The van der Waals surface area contributed by atoms with Gasteiger partial charge >= 0.3 is 0 Å². The Bertz CT molecular complexity index is 1550. The maximum absolute atomic E-state index is 15.4. The van der Waals surface area contributed by atoms with Crippen molar-refractivity contribution in [1.29, 1.82) is 0 Å². The Morgan fingerprint density at radius 2 is 1.51 bits per heavy atom. The number of halogens is 1. The quantitative estimate of drug-likeness (QED) is 0.261. The highest BCUT2D eigenvalue weighted by Gasteiger charge is 2.15. The molecule has 6 nitrogen and oxygen atoms in total. The molecule has 5 aromatic rings. The molecule has 188 valence electrons. The molecule has 0 bridgehead atoms. The largest absolute Gasteiger partial charge is 0.493 e. The van der Waals surface area contributed by atoms with Gasteiger partial charge in [0.1, 0.15) is 5.75 Å². The van der Waals surface area contributed by atoms with Gasteiger partial charge in [-0.15, -0.1) is 0 Å². The Labute approximate surface area is 214 Å². The molecular weight excluding hydrogens is 471 g/mol. The molecule has 0 unspecified atom stereocenters. The molecule has 37 heavy (non-hydrogen) atoms. The Hall–Kier alpha value is -4.65. The molecule has 0 spiro atoms. The number of pyridine rings is 1. The summed E-state index contributed by atoms with van der Waals surface area (Å²) in [6, 6.07) is 22.4. The normalized spacial score (nSPS) is 10.4. The summed E-state index contributed by atoms with van der Waals surface area (Å²) in [5, 5.41) is 4.50. The summed E-state index contributed by atoms with van der Waals surface area (Å²) in [5.74, 6) is 0.816. The first-order valence-corrected chi connectivity index (χ1v) is 11.8. The smallest absolute Gasteiger partial charge is 0.255 e. The topological polar surface area (TPSA) is 69.7 Å². The molecule has 0 saturated heterocycles. The number of hydrogen-bond donors (Lipinski definition) is 1. The lowest BCUT2D eigenvalue weighted by molar-refractivity contribution is 0.102. The van der Waals surface area contributed by atoms with Crippen molar-refractivity contribution in [1.82, 2.24) is 4.98 Å². The zero-order valence-corrected chi connectivity index (χ0v) is 21.0. The average molecular weight is 499 g/mol. The molecule has 0 aliphatic rings. The van der Waals surface area contributed by atoms with Crippen molar-refractivity contribution in [3.8, 4) is 23.0 Å². The van der Waals surface area contributed by atoms with Gasteiger partial charge < -0.3 is 19.5 Å². The van der Waals surface area contributed by atoms with Crippen LogP contribution in [0.4, 0.5) is 10.1 Å². The first-order chi connectivity index (χ1) is 18.1. The number of rotatable bonds is 6. The Morgan fingerprint density at radius 3 is 2.24 bits per heavy atom. The van der Waals surface area contributed by atoms with Crippen LogP contribution in [-0.2, 0) is 0 Å². The standard InChI is InChI=1S/C28H21FN2O4.C2H6/c1-33-25-15-21-22(16-26(25)34-2)30-13-12-23(21)35-24-11-8-18-14-19(9-10-20(18)27(24)29)31-28(32)17-6-4-3-5-7-17;1-2/h3-16H,1-2H3,(H,31,32);1-2H3. The third-order valence-corrected chi connectivity index (χ3v) is 5.64. The molecule has 0 aliphatic carbocycles. The maximum atomic E-state index is 15.4. The summed E-state index contributed by atoms with van der Waals surface area (Å²) in [5.41, 5.74) is 1.74. The van der Waals surface area contributed by atoms with Crippen LogP contribution in [0, 0.1) is 5.82 Å². The molecule has 0 saturated carbocycles. The molecule has 1 amide bonds. The average Bonchev–Trinajstić information content (AvgIpc) is 2.95. The van der Waals surface area contributed by atoms with Crippen molar-refractivity contribution in [3.63, 3.8) is 0 Å². The van der Waals surface area contributed by atoms with E-state index in [1.165, 1.54) is 0 Å². The molecule has 0 atom stereocenters. The van der Waals surface area contributed by atoms with E-state index >= 15 is 4.39 Å². The van der Waals surface area contributed by atoms with Gasteiger partial charge in [0.2, 0.25) is 0 Å². The number of methoxy groups -OCH3 is 2. The number of hydrogen-bond acceptors (Lipinski definition) is 5. The number of ether oxygens (including phenoxy) is 3. The molecule has 0 radical (unpaired) electrons. The Morgan fingerprint density at radius 1 is 0.784 bits per heavy atom. The van der Waals surface area contributed by atoms with Crippen molar-refractivity contribution < 1.29 is 23.4 Å². The van der Waals surface area contributed by atoms with E-state index in [4.69, 9.17) is 14.2 Å². The third-order valence-electron chi connectivity index (χ3n) is 5.64. The third kappa shape index (κ3) is 5.30. The second-order valence-corrected chi connectivity index (χ2v) is 7.77. The predicted molar refractivity (Wildman–Crippen MR) is 145 cm³/mol. The fraction of sp³-hybridized carbons (Fsp3) is 0.133. The van der Waals surface area contributed by atoms with Gasteiger partial charge in [-0.05, 0) is 53.9 Å².